The van der Waals surface area contributed by atoms with Crippen molar-refractivity contribution in [2.75, 3.05) is 5.73 Å². The van der Waals surface area contributed by atoms with Gasteiger partial charge in [0.25, 0.3) is 0 Å². The minimum Gasteiger partial charge on any atom is -0.399 e. The molecule has 120 valence electrons. The van der Waals surface area contributed by atoms with Gasteiger partial charge < -0.3 is 11.5 Å². The number of rotatable bonds is 4. The van der Waals surface area contributed by atoms with E-state index in [1.54, 1.807) is 0 Å². The largest absolute Gasteiger partial charge is 0.399 e. The van der Waals surface area contributed by atoms with Gasteiger partial charge >= 0.3 is 0 Å². The molecule has 0 spiro atoms. The summed E-state index contributed by atoms with van der Waals surface area (Å²) in [5.74, 6) is 0. The molecule has 0 aromatic heterocycles. The number of nitrogens with one attached hydrogen (secondary N) is 1. The molecule has 3 atom stereocenters. The summed E-state index contributed by atoms with van der Waals surface area (Å²) < 4.78 is 0. The van der Waals surface area contributed by atoms with Crippen molar-refractivity contribution in [3.8, 4) is 0 Å². The number of nitrogen functional groups attached to an aromatic ring is 1. The fourth-order valence-electron chi connectivity index (χ4n) is 3.62. The van der Waals surface area contributed by atoms with Gasteiger partial charge in [-0.3, -0.25) is 5.32 Å². The van der Waals surface area contributed by atoms with Crippen LogP contribution in [0.4, 0.5) is 5.69 Å². The summed E-state index contributed by atoms with van der Waals surface area (Å²) in [6, 6.07) is 28.7. The Bertz CT molecular complexity index is 832. The first kappa shape index (κ1) is 14.9. The van der Waals surface area contributed by atoms with Crippen molar-refractivity contribution >= 4 is 5.69 Å². The average molecular weight is 315 g/mol. The molecule has 3 aromatic rings. The molecule has 1 unspecified atom stereocenters. The Kier molecular flexibility index (Phi) is 3.60. The second-order valence-corrected chi connectivity index (χ2v) is 6.37. The van der Waals surface area contributed by atoms with E-state index in [0.717, 1.165) is 11.3 Å². The third-order valence-corrected chi connectivity index (χ3v) is 4.90. The Morgan fingerprint density at radius 2 is 1.50 bits per heavy atom. The van der Waals surface area contributed by atoms with Gasteiger partial charge in [0.05, 0.1) is 17.6 Å². The Morgan fingerprint density at radius 1 is 0.833 bits per heavy atom. The maximum Gasteiger partial charge on any atom is 0.0833 e. The second kappa shape index (κ2) is 5.78. The van der Waals surface area contributed by atoms with E-state index in [2.05, 4.69) is 47.8 Å². The molecule has 1 saturated heterocycles. The Balaban J connectivity index is 1.78. The number of hydrogen-bond acceptors (Lipinski definition) is 3. The molecule has 5 N–H and O–H groups in total. The van der Waals surface area contributed by atoms with Crippen molar-refractivity contribution in [1.82, 2.24) is 5.32 Å². The van der Waals surface area contributed by atoms with Crippen molar-refractivity contribution in [3.05, 3.63) is 102 Å². The highest BCUT2D eigenvalue weighted by atomic mass is 15.2. The van der Waals surface area contributed by atoms with Crippen LogP contribution in [0.15, 0.2) is 84.9 Å². The van der Waals surface area contributed by atoms with Crippen LogP contribution in [0.2, 0.25) is 0 Å². The molecule has 0 bridgehead atoms. The van der Waals surface area contributed by atoms with Gasteiger partial charge in [-0.25, -0.2) is 0 Å². The van der Waals surface area contributed by atoms with Crippen LogP contribution < -0.4 is 16.8 Å². The van der Waals surface area contributed by atoms with Gasteiger partial charge in [-0.2, -0.15) is 0 Å². The molecular formula is C21H21N3. The van der Waals surface area contributed by atoms with E-state index in [-0.39, 0.29) is 17.6 Å². The number of benzene rings is 3. The van der Waals surface area contributed by atoms with Gasteiger partial charge in [0.1, 0.15) is 0 Å². The molecule has 3 heteroatoms. The van der Waals surface area contributed by atoms with Crippen LogP contribution in [0, 0.1) is 0 Å². The minimum atomic E-state index is -0.309. The number of hydrogen-bond donors (Lipinski definition) is 3. The third kappa shape index (κ3) is 2.39. The zero-order valence-corrected chi connectivity index (χ0v) is 13.4. The molecule has 24 heavy (non-hydrogen) atoms. The fraction of sp³-hybridized carbons (Fsp3) is 0.143. The molecule has 1 aliphatic heterocycles. The van der Waals surface area contributed by atoms with Crippen molar-refractivity contribution in [2.45, 2.75) is 17.6 Å². The molecule has 0 saturated carbocycles. The first-order valence-electron chi connectivity index (χ1n) is 8.21. The summed E-state index contributed by atoms with van der Waals surface area (Å²) in [7, 11) is 0. The summed E-state index contributed by atoms with van der Waals surface area (Å²) in [6.45, 7) is 0. The van der Waals surface area contributed by atoms with Crippen molar-refractivity contribution in [2.24, 2.45) is 5.73 Å². The normalized spacial score (nSPS) is 23.6. The van der Waals surface area contributed by atoms with Crippen molar-refractivity contribution in [3.63, 3.8) is 0 Å². The average Bonchev–Trinajstić information content (AvgIpc) is 3.40. The molecule has 1 heterocycles. The molecule has 3 aromatic carbocycles. The van der Waals surface area contributed by atoms with Gasteiger partial charge in [-0.15, -0.1) is 0 Å². The van der Waals surface area contributed by atoms with Crippen LogP contribution >= 0.6 is 0 Å². The lowest BCUT2D eigenvalue weighted by Gasteiger charge is -2.24. The Hall–Kier alpha value is -2.62. The summed E-state index contributed by atoms with van der Waals surface area (Å²) in [5.41, 5.74) is 16.7. The van der Waals surface area contributed by atoms with E-state index in [9.17, 15) is 0 Å². The molecule has 4 rings (SSSR count). The van der Waals surface area contributed by atoms with Crippen LogP contribution in [0.25, 0.3) is 0 Å². The van der Waals surface area contributed by atoms with E-state index in [1.807, 2.05) is 42.5 Å². The smallest absolute Gasteiger partial charge is 0.0833 e. The molecule has 1 aliphatic rings. The minimum absolute atomic E-state index is 0.146. The lowest BCUT2D eigenvalue weighted by atomic mass is 9.82. The zero-order valence-electron chi connectivity index (χ0n) is 13.4. The topological polar surface area (TPSA) is 74.0 Å². The predicted octanol–water partition coefficient (Wildman–Crippen LogP) is 3.51. The number of anilines is 1. The maximum atomic E-state index is 6.74. The summed E-state index contributed by atoms with van der Waals surface area (Å²) >= 11 is 0. The molecule has 0 amide bonds. The Morgan fingerprint density at radius 3 is 2.17 bits per heavy atom. The second-order valence-electron chi connectivity index (χ2n) is 6.37. The fourth-order valence-corrected chi connectivity index (χ4v) is 3.62. The van der Waals surface area contributed by atoms with E-state index in [1.165, 1.54) is 11.1 Å². The predicted molar refractivity (Wildman–Crippen MR) is 98.2 cm³/mol. The zero-order chi connectivity index (χ0) is 16.6. The van der Waals surface area contributed by atoms with Gasteiger partial charge in [-0.05, 0) is 28.8 Å². The van der Waals surface area contributed by atoms with Gasteiger partial charge in [0.15, 0.2) is 0 Å². The first-order chi connectivity index (χ1) is 11.7. The number of nitrogens with two attached hydrogens (primary N) is 2. The van der Waals surface area contributed by atoms with Crippen LogP contribution in [0.5, 0.6) is 0 Å². The quantitative estimate of drug-likeness (QED) is 0.509. The molecule has 1 fully saturated rings. The standard InChI is InChI=1S/C21H21N3/c22-18-13-7-10-16(14-18)20-21(24-20,17-11-5-2-6-12-17)19(23)15-8-3-1-4-9-15/h1-14,19-20,24H,22-23H2/t19?,20-,21-/m1/s1. The summed E-state index contributed by atoms with van der Waals surface area (Å²) in [5, 5.41) is 3.66. The van der Waals surface area contributed by atoms with Crippen LogP contribution in [0.1, 0.15) is 28.8 Å². The van der Waals surface area contributed by atoms with Crippen LogP contribution in [0.3, 0.4) is 0 Å². The summed E-state index contributed by atoms with van der Waals surface area (Å²) in [6.07, 6.45) is 0. The van der Waals surface area contributed by atoms with Crippen molar-refractivity contribution in [1.29, 1.82) is 0 Å². The van der Waals surface area contributed by atoms with E-state index >= 15 is 0 Å². The molecular weight excluding hydrogens is 294 g/mol. The lowest BCUT2D eigenvalue weighted by Crippen LogP contribution is -2.30. The third-order valence-electron chi connectivity index (χ3n) is 4.90. The van der Waals surface area contributed by atoms with Crippen LogP contribution in [-0.4, -0.2) is 0 Å². The van der Waals surface area contributed by atoms with E-state index in [0.29, 0.717) is 0 Å². The van der Waals surface area contributed by atoms with Crippen molar-refractivity contribution < 1.29 is 0 Å². The Labute approximate surface area is 142 Å². The molecule has 0 radical (unpaired) electrons. The lowest BCUT2D eigenvalue weighted by molar-refractivity contribution is 0.512. The monoisotopic (exact) mass is 315 g/mol. The van der Waals surface area contributed by atoms with E-state index < -0.39 is 0 Å². The van der Waals surface area contributed by atoms with Gasteiger partial charge in [0, 0.05) is 5.69 Å². The SMILES string of the molecule is Nc1cccc([C@H]2N[C@]2(c2ccccc2)C(N)c2ccccc2)c1. The molecule has 3 nitrogen and oxygen atoms in total. The van der Waals surface area contributed by atoms with Gasteiger partial charge in [0.2, 0.25) is 0 Å². The maximum absolute atomic E-state index is 6.74. The first-order valence-corrected chi connectivity index (χ1v) is 8.21. The molecule has 0 aliphatic carbocycles. The van der Waals surface area contributed by atoms with Crippen LogP contribution in [-0.2, 0) is 5.54 Å². The van der Waals surface area contributed by atoms with E-state index in [4.69, 9.17) is 11.5 Å². The summed E-state index contributed by atoms with van der Waals surface area (Å²) in [4.78, 5) is 0. The van der Waals surface area contributed by atoms with Gasteiger partial charge in [-0.1, -0.05) is 72.8 Å². The highest BCUT2D eigenvalue weighted by Gasteiger charge is 2.59. The highest BCUT2D eigenvalue weighted by molar-refractivity contribution is 5.49. The highest BCUT2D eigenvalue weighted by Crippen LogP contribution is 2.55.